The Morgan fingerprint density at radius 3 is 2.03 bits per heavy atom. The molecule has 0 spiro atoms. The zero-order chi connectivity index (χ0) is 22.9. The van der Waals surface area contributed by atoms with Crippen molar-refractivity contribution >= 4 is 11.9 Å². The summed E-state index contributed by atoms with van der Waals surface area (Å²) in [7, 11) is 4.21. The van der Waals surface area contributed by atoms with Gasteiger partial charge < -0.3 is 23.8 Å². The van der Waals surface area contributed by atoms with Crippen LogP contribution in [0.2, 0.25) is 0 Å². The highest BCUT2D eigenvalue weighted by Crippen LogP contribution is 2.41. The van der Waals surface area contributed by atoms with E-state index < -0.39 is 17.9 Å². The average molecular weight is 437 g/mol. The molecule has 1 aliphatic rings. The monoisotopic (exact) mass is 437 g/mol. The lowest BCUT2D eigenvalue weighted by Gasteiger charge is -2.30. The van der Waals surface area contributed by atoms with Crippen molar-refractivity contribution in [3.8, 4) is 5.75 Å². The minimum atomic E-state index is -0.708. The van der Waals surface area contributed by atoms with Crippen molar-refractivity contribution in [2.45, 2.75) is 12.5 Å². The summed E-state index contributed by atoms with van der Waals surface area (Å²) in [5.41, 5.74) is 2.29. The summed E-state index contributed by atoms with van der Waals surface area (Å²) in [5.74, 6) is -1.22. The summed E-state index contributed by atoms with van der Waals surface area (Å²) < 4.78 is 21.3. The molecule has 0 unspecified atom stereocenters. The first-order valence-corrected chi connectivity index (χ1v) is 10.2. The van der Waals surface area contributed by atoms with E-state index in [9.17, 15) is 9.59 Å². The van der Waals surface area contributed by atoms with Crippen molar-refractivity contribution in [3.05, 3.63) is 89.3 Å². The standard InChI is InChI=1S/C25H27NO6/c1-29-14-13-26-15-20(24(27)30-2)23(21(16-26)25(28)31-3)19-11-7-8-12-22(19)32-17-18-9-5-4-6-10-18/h4-12,15-16,23H,13-14,17H2,1-3H3. The Morgan fingerprint density at radius 1 is 0.844 bits per heavy atom. The lowest BCUT2D eigenvalue weighted by molar-refractivity contribution is -0.137. The van der Waals surface area contributed by atoms with E-state index in [1.165, 1.54) is 14.2 Å². The lowest BCUT2D eigenvalue weighted by Crippen LogP contribution is -2.30. The number of hydrogen-bond acceptors (Lipinski definition) is 7. The van der Waals surface area contributed by atoms with E-state index >= 15 is 0 Å². The van der Waals surface area contributed by atoms with Gasteiger partial charge in [-0.15, -0.1) is 0 Å². The average Bonchev–Trinajstić information content (AvgIpc) is 2.85. The van der Waals surface area contributed by atoms with Crippen LogP contribution in [0.15, 0.2) is 78.1 Å². The van der Waals surface area contributed by atoms with E-state index in [4.69, 9.17) is 18.9 Å². The molecule has 3 rings (SSSR count). The van der Waals surface area contributed by atoms with Crippen LogP contribution in [-0.2, 0) is 30.4 Å². The Bertz CT molecular complexity index is 965. The number of carbonyl (C=O) groups excluding carboxylic acids is 2. The fourth-order valence-corrected chi connectivity index (χ4v) is 3.53. The second-order valence-electron chi connectivity index (χ2n) is 7.13. The summed E-state index contributed by atoms with van der Waals surface area (Å²) in [6.07, 6.45) is 3.35. The van der Waals surface area contributed by atoms with Gasteiger partial charge in [-0.05, 0) is 11.6 Å². The van der Waals surface area contributed by atoms with Gasteiger partial charge in [-0.1, -0.05) is 48.5 Å². The van der Waals surface area contributed by atoms with E-state index in [1.54, 1.807) is 24.4 Å². The Labute approximate surface area is 187 Å². The van der Waals surface area contributed by atoms with Gasteiger partial charge in [-0.3, -0.25) is 0 Å². The predicted molar refractivity (Wildman–Crippen MR) is 119 cm³/mol. The third kappa shape index (κ3) is 5.36. The van der Waals surface area contributed by atoms with Crippen molar-refractivity contribution in [1.82, 2.24) is 4.90 Å². The number of ether oxygens (including phenoxy) is 4. The van der Waals surface area contributed by atoms with E-state index in [1.807, 2.05) is 54.6 Å². The van der Waals surface area contributed by atoms with Crippen molar-refractivity contribution in [2.24, 2.45) is 0 Å². The molecule has 1 heterocycles. The van der Waals surface area contributed by atoms with Crippen molar-refractivity contribution in [2.75, 3.05) is 34.5 Å². The second-order valence-corrected chi connectivity index (χ2v) is 7.13. The molecule has 0 atom stereocenters. The summed E-state index contributed by atoms with van der Waals surface area (Å²) in [6, 6.07) is 17.1. The topological polar surface area (TPSA) is 74.3 Å². The third-order valence-electron chi connectivity index (χ3n) is 5.09. The molecule has 0 saturated heterocycles. The molecule has 32 heavy (non-hydrogen) atoms. The van der Waals surface area contributed by atoms with Crippen LogP contribution in [0.25, 0.3) is 0 Å². The number of benzene rings is 2. The van der Waals surface area contributed by atoms with Gasteiger partial charge in [-0.2, -0.15) is 0 Å². The molecule has 7 nitrogen and oxygen atoms in total. The van der Waals surface area contributed by atoms with Crippen LogP contribution < -0.4 is 4.74 Å². The Hall–Kier alpha value is -3.58. The van der Waals surface area contributed by atoms with E-state index in [-0.39, 0.29) is 0 Å². The minimum absolute atomic E-state index is 0.308. The summed E-state index contributed by atoms with van der Waals surface area (Å²) >= 11 is 0. The summed E-state index contributed by atoms with van der Waals surface area (Å²) in [4.78, 5) is 27.2. The molecular weight excluding hydrogens is 410 g/mol. The molecule has 0 fully saturated rings. The highest BCUT2D eigenvalue weighted by Gasteiger charge is 2.36. The van der Waals surface area contributed by atoms with Gasteiger partial charge in [0.05, 0.1) is 37.9 Å². The number of nitrogens with zero attached hydrogens (tertiary/aromatic N) is 1. The SMILES string of the molecule is COCCN1C=C(C(=O)OC)C(c2ccccc2OCc2ccccc2)C(C(=O)OC)=C1. The largest absolute Gasteiger partial charge is 0.489 e. The summed E-state index contributed by atoms with van der Waals surface area (Å²) in [6.45, 7) is 1.22. The van der Waals surface area contributed by atoms with E-state index in [2.05, 4.69) is 0 Å². The normalized spacial score (nSPS) is 13.8. The maximum Gasteiger partial charge on any atom is 0.336 e. The Balaban J connectivity index is 2.03. The summed E-state index contributed by atoms with van der Waals surface area (Å²) in [5, 5.41) is 0. The number of hydrogen-bond donors (Lipinski definition) is 0. The predicted octanol–water partition coefficient (Wildman–Crippen LogP) is 3.43. The Morgan fingerprint density at radius 2 is 1.44 bits per heavy atom. The molecule has 0 aliphatic carbocycles. The molecule has 0 radical (unpaired) electrons. The number of carbonyl (C=O) groups is 2. The van der Waals surface area contributed by atoms with Gasteiger partial charge in [0.2, 0.25) is 0 Å². The number of esters is 2. The fourth-order valence-electron chi connectivity index (χ4n) is 3.53. The van der Waals surface area contributed by atoms with Crippen LogP contribution in [0.1, 0.15) is 17.0 Å². The molecule has 0 amide bonds. The molecule has 0 N–H and O–H groups in total. The van der Waals surface area contributed by atoms with Crippen LogP contribution in [0, 0.1) is 0 Å². The molecule has 0 aromatic heterocycles. The Kier molecular flexibility index (Phi) is 8.05. The third-order valence-corrected chi connectivity index (χ3v) is 5.09. The quantitative estimate of drug-likeness (QED) is 0.557. The van der Waals surface area contributed by atoms with E-state index in [0.717, 1.165) is 5.56 Å². The maximum absolute atomic E-state index is 12.7. The molecule has 2 aromatic carbocycles. The van der Waals surface area contributed by atoms with Crippen LogP contribution in [-0.4, -0.2) is 51.3 Å². The zero-order valence-electron chi connectivity index (χ0n) is 18.4. The van der Waals surface area contributed by atoms with Gasteiger partial charge >= 0.3 is 11.9 Å². The van der Waals surface area contributed by atoms with Gasteiger partial charge in [0.1, 0.15) is 12.4 Å². The van der Waals surface area contributed by atoms with Gasteiger partial charge in [0.15, 0.2) is 0 Å². The smallest absolute Gasteiger partial charge is 0.336 e. The van der Waals surface area contributed by atoms with Gasteiger partial charge in [0, 0.05) is 31.6 Å². The van der Waals surface area contributed by atoms with E-state index in [0.29, 0.717) is 42.2 Å². The molecule has 168 valence electrons. The maximum atomic E-state index is 12.7. The van der Waals surface area contributed by atoms with Crippen LogP contribution >= 0.6 is 0 Å². The van der Waals surface area contributed by atoms with Crippen molar-refractivity contribution in [1.29, 1.82) is 0 Å². The first-order chi connectivity index (χ1) is 15.6. The highest BCUT2D eigenvalue weighted by atomic mass is 16.5. The first-order valence-electron chi connectivity index (χ1n) is 10.2. The lowest BCUT2D eigenvalue weighted by atomic mass is 9.83. The second kappa shape index (κ2) is 11.2. The fraction of sp³-hybridized carbons (Fsp3) is 0.280. The van der Waals surface area contributed by atoms with Crippen LogP contribution in [0.4, 0.5) is 0 Å². The number of para-hydroxylation sites is 1. The number of methoxy groups -OCH3 is 3. The van der Waals surface area contributed by atoms with Crippen LogP contribution in [0.5, 0.6) is 5.75 Å². The molecule has 2 aromatic rings. The molecule has 7 heteroatoms. The molecular formula is C25H27NO6. The molecule has 0 saturated carbocycles. The molecule has 0 bridgehead atoms. The number of rotatable bonds is 9. The minimum Gasteiger partial charge on any atom is -0.489 e. The van der Waals surface area contributed by atoms with Crippen LogP contribution in [0.3, 0.4) is 0 Å². The van der Waals surface area contributed by atoms with Crippen molar-refractivity contribution < 1.29 is 28.5 Å². The van der Waals surface area contributed by atoms with Crippen molar-refractivity contribution in [3.63, 3.8) is 0 Å². The van der Waals surface area contributed by atoms with Gasteiger partial charge in [-0.25, -0.2) is 9.59 Å². The molecule has 1 aliphatic heterocycles. The van der Waals surface area contributed by atoms with Gasteiger partial charge in [0.25, 0.3) is 0 Å². The first kappa shape index (κ1) is 23.1. The zero-order valence-corrected chi connectivity index (χ0v) is 18.4. The highest BCUT2D eigenvalue weighted by molar-refractivity contribution is 5.98.